The second kappa shape index (κ2) is 21.4. The summed E-state index contributed by atoms with van der Waals surface area (Å²) in [6.45, 7) is 4.46. The van der Waals surface area contributed by atoms with Gasteiger partial charge in [-0.2, -0.15) is 0 Å². The molecule has 0 aromatic heterocycles. The quantitative estimate of drug-likeness (QED) is 0.209. The predicted octanol–water partition coefficient (Wildman–Crippen LogP) is 6.95. The zero-order chi connectivity index (χ0) is 21.9. The molecule has 2 nitrogen and oxygen atoms in total. The van der Waals surface area contributed by atoms with E-state index >= 15 is 0 Å². The van der Waals surface area contributed by atoms with Gasteiger partial charge in [-0.15, -0.1) is 11.5 Å². The fourth-order valence-electron chi connectivity index (χ4n) is 3.61. The third kappa shape index (κ3) is 15.9. The normalized spacial score (nSPS) is 10.1. The molecule has 0 N–H and O–H groups in total. The smallest absolute Gasteiger partial charge is 0.872 e. The second-order valence-corrected chi connectivity index (χ2v) is 8.25. The molecule has 0 atom stereocenters. The molecular formula is C28H42O2Sr. The van der Waals surface area contributed by atoms with Gasteiger partial charge in [0, 0.05) is 0 Å². The van der Waals surface area contributed by atoms with Crippen molar-refractivity contribution < 1.29 is 10.2 Å². The maximum Gasteiger partial charge on any atom is 2.00 e. The van der Waals surface area contributed by atoms with Gasteiger partial charge < -0.3 is 10.2 Å². The molecule has 0 saturated heterocycles. The molecule has 0 aliphatic heterocycles. The number of unbranched alkanes of at least 4 members (excludes halogenated alkanes) is 10. The van der Waals surface area contributed by atoms with Crippen molar-refractivity contribution in [3.8, 4) is 11.5 Å². The minimum atomic E-state index is 0. The van der Waals surface area contributed by atoms with Crippen LogP contribution in [0.3, 0.4) is 0 Å². The number of hydrogen-bond acceptors (Lipinski definition) is 2. The van der Waals surface area contributed by atoms with Gasteiger partial charge >= 0.3 is 45.5 Å². The topological polar surface area (TPSA) is 46.1 Å². The number of para-hydroxylation sites is 2. The van der Waals surface area contributed by atoms with E-state index in [1.54, 1.807) is 12.1 Å². The van der Waals surface area contributed by atoms with E-state index in [-0.39, 0.29) is 57.0 Å². The van der Waals surface area contributed by atoms with E-state index in [4.69, 9.17) is 0 Å². The Hall–Kier alpha value is -0.479. The predicted molar refractivity (Wildman–Crippen MR) is 132 cm³/mol. The Bertz CT molecular complexity index is 599. The van der Waals surface area contributed by atoms with Crippen molar-refractivity contribution in [2.75, 3.05) is 0 Å². The van der Waals surface area contributed by atoms with Crippen LogP contribution < -0.4 is 10.2 Å². The molecular weight excluding hydrogens is 456 g/mol. The Morgan fingerprint density at radius 2 is 0.806 bits per heavy atom. The minimum Gasteiger partial charge on any atom is -0.872 e. The van der Waals surface area contributed by atoms with Crippen molar-refractivity contribution in [1.82, 2.24) is 0 Å². The summed E-state index contributed by atoms with van der Waals surface area (Å²) in [7, 11) is 0. The van der Waals surface area contributed by atoms with E-state index in [1.165, 1.54) is 64.2 Å². The van der Waals surface area contributed by atoms with Crippen LogP contribution in [0.4, 0.5) is 0 Å². The Labute approximate surface area is 228 Å². The summed E-state index contributed by atoms with van der Waals surface area (Å²) in [6, 6.07) is 14.8. The molecule has 0 spiro atoms. The first kappa shape index (κ1) is 30.5. The van der Waals surface area contributed by atoms with Gasteiger partial charge in [-0.25, -0.2) is 0 Å². The second-order valence-electron chi connectivity index (χ2n) is 8.25. The Morgan fingerprint density at radius 1 is 0.484 bits per heavy atom. The molecule has 0 fully saturated rings. The van der Waals surface area contributed by atoms with Crippen molar-refractivity contribution in [3.63, 3.8) is 0 Å². The van der Waals surface area contributed by atoms with Crippen molar-refractivity contribution >= 4 is 45.5 Å². The molecule has 0 bridgehead atoms. The fourth-order valence-corrected chi connectivity index (χ4v) is 3.61. The summed E-state index contributed by atoms with van der Waals surface area (Å²) >= 11 is 0. The maximum absolute atomic E-state index is 11.4. The van der Waals surface area contributed by atoms with E-state index in [9.17, 15) is 10.2 Å². The number of rotatable bonds is 14. The monoisotopic (exact) mass is 498 g/mol. The van der Waals surface area contributed by atoms with Crippen molar-refractivity contribution in [3.05, 3.63) is 59.7 Å². The molecule has 3 heteroatoms. The summed E-state index contributed by atoms with van der Waals surface area (Å²) in [4.78, 5) is 0. The van der Waals surface area contributed by atoms with E-state index in [0.29, 0.717) is 0 Å². The third-order valence-corrected chi connectivity index (χ3v) is 5.54. The van der Waals surface area contributed by atoms with Crippen LogP contribution >= 0.6 is 0 Å². The van der Waals surface area contributed by atoms with Gasteiger partial charge in [0.2, 0.25) is 0 Å². The molecule has 2 rings (SSSR count). The number of aryl methyl sites for hydroxylation is 2. The summed E-state index contributed by atoms with van der Waals surface area (Å²) in [5.41, 5.74) is 1.96. The van der Waals surface area contributed by atoms with Gasteiger partial charge in [0.15, 0.2) is 0 Å². The van der Waals surface area contributed by atoms with Crippen LogP contribution in [0.5, 0.6) is 11.5 Å². The molecule has 31 heavy (non-hydrogen) atoms. The molecule has 0 amide bonds. The van der Waals surface area contributed by atoms with Crippen LogP contribution in [0.2, 0.25) is 0 Å². The van der Waals surface area contributed by atoms with E-state index in [2.05, 4.69) is 13.8 Å². The Morgan fingerprint density at radius 3 is 1.16 bits per heavy atom. The average molecular weight is 498 g/mol. The Kier molecular flexibility index (Phi) is 21.0. The number of hydrogen-bond donors (Lipinski definition) is 0. The van der Waals surface area contributed by atoms with Crippen LogP contribution in [-0.2, 0) is 12.8 Å². The first-order chi connectivity index (χ1) is 14.7. The molecule has 2 aromatic carbocycles. The standard InChI is InChI=1S/2C14H22O.Sr/c2*1-2-3-4-5-6-7-10-13-11-8-9-12-14(13)15;/h2*8-9,11-12,15H,2-7,10H2,1H3;/q;;+2/p-2. The summed E-state index contributed by atoms with van der Waals surface area (Å²) in [6.07, 6.45) is 17.3. The van der Waals surface area contributed by atoms with Crippen LogP contribution in [0.15, 0.2) is 48.5 Å². The van der Waals surface area contributed by atoms with Gasteiger partial charge in [0.05, 0.1) is 0 Å². The minimum absolute atomic E-state index is 0. The zero-order valence-corrected chi connectivity index (χ0v) is 23.5. The molecule has 0 aliphatic carbocycles. The molecule has 0 unspecified atom stereocenters. The first-order valence-electron chi connectivity index (χ1n) is 12.2. The summed E-state index contributed by atoms with van der Waals surface area (Å²) in [5.74, 6) is 0.400. The average Bonchev–Trinajstić information content (AvgIpc) is 2.76. The van der Waals surface area contributed by atoms with Crippen LogP contribution in [0, 0.1) is 0 Å². The molecule has 168 valence electrons. The van der Waals surface area contributed by atoms with Gasteiger partial charge in [-0.05, 0) is 25.7 Å². The zero-order valence-electron chi connectivity index (χ0n) is 20.0. The Balaban J connectivity index is 0.000000562. The van der Waals surface area contributed by atoms with Crippen LogP contribution in [0.25, 0.3) is 0 Å². The maximum atomic E-state index is 11.4. The van der Waals surface area contributed by atoms with Crippen molar-refractivity contribution in [2.45, 2.75) is 104 Å². The van der Waals surface area contributed by atoms with Crippen LogP contribution in [0.1, 0.15) is 102 Å². The number of benzene rings is 2. The van der Waals surface area contributed by atoms with Gasteiger partial charge in [0.1, 0.15) is 0 Å². The molecule has 0 saturated carbocycles. The van der Waals surface area contributed by atoms with Crippen LogP contribution in [-0.4, -0.2) is 45.5 Å². The van der Waals surface area contributed by atoms with E-state index in [1.807, 2.05) is 36.4 Å². The van der Waals surface area contributed by atoms with Crippen molar-refractivity contribution in [2.24, 2.45) is 0 Å². The molecule has 0 aliphatic rings. The van der Waals surface area contributed by atoms with Gasteiger partial charge in [0.25, 0.3) is 0 Å². The summed E-state index contributed by atoms with van der Waals surface area (Å²) in [5, 5.41) is 22.8. The fraction of sp³-hybridized carbons (Fsp3) is 0.571. The third-order valence-electron chi connectivity index (χ3n) is 5.54. The van der Waals surface area contributed by atoms with Gasteiger partial charge in [-0.3, -0.25) is 0 Å². The van der Waals surface area contributed by atoms with Crippen molar-refractivity contribution in [1.29, 1.82) is 0 Å². The van der Waals surface area contributed by atoms with E-state index < -0.39 is 0 Å². The largest absolute Gasteiger partial charge is 2.00 e. The molecule has 0 heterocycles. The van der Waals surface area contributed by atoms with E-state index in [0.717, 1.165) is 36.8 Å². The summed E-state index contributed by atoms with van der Waals surface area (Å²) < 4.78 is 0. The van der Waals surface area contributed by atoms with Gasteiger partial charge in [-0.1, -0.05) is 138 Å². The first-order valence-corrected chi connectivity index (χ1v) is 12.2. The molecule has 0 radical (unpaired) electrons. The molecule has 2 aromatic rings. The SMILES string of the molecule is CCCCCCCCc1ccccc1[O-].CCCCCCCCc1ccccc1[O-].[Sr+2].